The number of nitrogens with one attached hydrogen (secondary N) is 1. The van der Waals surface area contributed by atoms with Crippen LogP contribution in [0.4, 0.5) is 0 Å². The van der Waals surface area contributed by atoms with E-state index in [-0.39, 0.29) is 5.91 Å². The summed E-state index contributed by atoms with van der Waals surface area (Å²) in [6, 6.07) is 0. The van der Waals surface area contributed by atoms with Gasteiger partial charge in [-0.3, -0.25) is 4.79 Å². The Balaban J connectivity index is 4.24. The van der Waals surface area contributed by atoms with Crippen LogP contribution in [-0.4, -0.2) is 68.1 Å². The van der Waals surface area contributed by atoms with E-state index >= 15 is 0 Å². The van der Waals surface area contributed by atoms with Crippen LogP contribution in [0, 0.1) is 0 Å². The standard InChI is InChI=1S/C15H34N4O/c1-6-10-17-15(3,14(16)20)9-13-19(7-2)12-8-11-18(4)5/h17H,6-13H2,1-5H3,(H2,16,20). The Morgan fingerprint density at radius 1 is 1.20 bits per heavy atom. The molecule has 0 saturated carbocycles. The Labute approximate surface area is 124 Å². The number of hydrogen-bond donors (Lipinski definition) is 2. The lowest BCUT2D eigenvalue weighted by Gasteiger charge is -2.31. The molecule has 3 N–H and O–H groups in total. The van der Waals surface area contributed by atoms with Crippen molar-refractivity contribution in [3.8, 4) is 0 Å². The summed E-state index contributed by atoms with van der Waals surface area (Å²) in [6.45, 7) is 11.1. The third-order valence-electron chi connectivity index (χ3n) is 3.76. The van der Waals surface area contributed by atoms with Gasteiger partial charge >= 0.3 is 0 Å². The van der Waals surface area contributed by atoms with Crippen LogP contribution in [0.25, 0.3) is 0 Å². The molecule has 0 bridgehead atoms. The Hall–Kier alpha value is -0.650. The van der Waals surface area contributed by atoms with E-state index in [0.717, 1.165) is 52.0 Å². The molecule has 5 heteroatoms. The van der Waals surface area contributed by atoms with Crippen LogP contribution in [0.1, 0.15) is 40.0 Å². The van der Waals surface area contributed by atoms with Gasteiger partial charge in [-0.15, -0.1) is 0 Å². The van der Waals surface area contributed by atoms with Crippen molar-refractivity contribution in [2.24, 2.45) is 5.73 Å². The maximum atomic E-state index is 11.7. The predicted molar refractivity (Wildman–Crippen MR) is 85.8 cm³/mol. The molecular weight excluding hydrogens is 252 g/mol. The summed E-state index contributed by atoms with van der Waals surface area (Å²) in [5.74, 6) is -0.254. The maximum absolute atomic E-state index is 11.7. The van der Waals surface area contributed by atoms with Crippen molar-refractivity contribution in [3.63, 3.8) is 0 Å². The molecule has 1 unspecified atom stereocenters. The van der Waals surface area contributed by atoms with Crippen LogP contribution in [0.3, 0.4) is 0 Å². The second-order valence-corrected chi connectivity index (χ2v) is 5.96. The second kappa shape index (κ2) is 10.1. The highest BCUT2D eigenvalue weighted by atomic mass is 16.1. The molecule has 1 atom stereocenters. The summed E-state index contributed by atoms with van der Waals surface area (Å²) in [7, 11) is 4.18. The average Bonchev–Trinajstić information content (AvgIpc) is 2.39. The first-order valence-corrected chi connectivity index (χ1v) is 7.77. The van der Waals surface area contributed by atoms with Crippen molar-refractivity contribution in [2.45, 2.75) is 45.6 Å². The van der Waals surface area contributed by atoms with Crippen LogP contribution in [0.15, 0.2) is 0 Å². The summed E-state index contributed by atoms with van der Waals surface area (Å²) in [5.41, 5.74) is 4.96. The number of hydrogen-bond acceptors (Lipinski definition) is 4. The fourth-order valence-corrected chi connectivity index (χ4v) is 2.12. The highest BCUT2D eigenvalue weighted by Crippen LogP contribution is 2.11. The van der Waals surface area contributed by atoms with E-state index in [2.05, 4.69) is 43.1 Å². The van der Waals surface area contributed by atoms with Gasteiger partial charge in [-0.2, -0.15) is 0 Å². The molecule has 20 heavy (non-hydrogen) atoms. The minimum atomic E-state index is -0.592. The lowest BCUT2D eigenvalue weighted by molar-refractivity contribution is -0.124. The first-order chi connectivity index (χ1) is 9.35. The van der Waals surface area contributed by atoms with E-state index in [0.29, 0.717) is 0 Å². The van der Waals surface area contributed by atoms with Gasteiger partial charge in [0.2, 0.25) is 5.91 Å². The third-order valence-corrected chi connectivity index (χ3v) is 3.76. The van der Waals surface area contributed by atoms with Crippen molar-refractivity contribution in [2.75, 3.05) is 46.8 Å². The van der Waals surface area contributed by atoms with Crippen molar-refractivity contribution in [1.82, 2.24) is 15.1 Å². The van der Waals surface area contributed by atoms with Gasteiger partial charge in [0.1, 0.15) is 0 Å². The highest BCUT2D eigenvalue weighted by molar-refractivity contribution is 5.84. The molecule has 0 heterocycles. The van der Waals surface area contributed by atoms with E-state index in [1.165, 1.54) is 0 Å². The number of carbonyl (C=O) groups excluding carboxylic acids is 1. The SMILES string of the molecule is CCCNC(C)(CCN(CC)CCCN(C)C)C(N)=O. The quantitative estimate of drug-likeness (QED) is 0.559. The topological polar surface area (TPSA) is 61.6 Å². The lowest BCUT2D eigenvalue weighted by Crippen LogP contribution is -2.54. The normalized spacial score (nSPS) is 14.8. The molecular formula is C15H34N4O. The van der Waals surface area contributed by atoms with Gasteiger partial charge in [-0.05, 0) is 66.5 Å². The van der Waals surface area contributed by atoms with Crippen molar-refractivity contribution in [1.29, 1.82) is 0 Å². The van der Waals surface area contributed by atoms with Gasteiger partial charge < -0.3 is 20.9 Å². The summed E-state index contributed by atoms with van der Waals surface area (Å²) in [4.78, 5) is 16.3. The molecule has 1 amide bonds. The monoisotopic (exact) mass is 286 g/mol. The maximum Gasteiger partial charge on any atom is 0.237 e. The molecule has 0 aromatic rings. The van der Waals surface area contributed by atoms with Crippen molar-refractivity contribution in [3.05, 3.63) is 0 Å². The van der Waals surface area contributed by atoms with E-state index in [9.17, 15) is 4.79 Å². The molecule has 0 aliphatic rings. The molecule has 5 nitrogen and oxygen atoms in total. The number of primary amides is 1. The minimum Gasteiger partial charge on any atom is -0.368 e. The van der Waals surface area contributed by atoms with Crippen LogP contribution < -0.4 is 11.1 Å². The van der Waals surface area contributed by atoms with Gasteiger partial charge in [0.15, 0.2) is 0 Å². The molecule has 0 saturated heterocycles. The molecule has 0 rings (SSSR count). The first kappa shape index (κ1) is 19.4. The summed E-state index contributed by atoms with van der Waals surface area (Å²) in [6.07, 6.45) is 2.91. The fraction of sp³-hybridized carbons (Fsp3) is 0.933. The number of rotatable bonds is 12. The largest absolute Gasteiger partial charge is 0.368 e. The minimum absolute atomic E-state index is 0.254. The Morgan fingerprint density at radius 2 is 1.85 bits per heavy atom. The average molecular weight is 286 g/mol. The zero-order chi connectivity index (χ0) is 15.6. The number of nitrogens with zero attached hydrogens (tertiary/aromatic N) is 2. The molecule has 0 aliphatic carbocycles. The molecule has 120 valence electrons. The first-order valence-electron chi connectivity index (χ1n) is 7.77. The van der Waals surface area contributed by atoms with E-state index in [1.54, 1.807) is 0 Å². The summed E-state index contributed by atoms with van der Waals surface area (Å²) >= 11 is 0. The van der Waals surface area contributed by atoms with E-state index in [1.807, 2.05) is 6.92 Å². The van der Waals surface area contributed by atoms with Crippen LogP contribution in [0.5, 0.6) is 0 Å². The molecule has 0 spiro atoms. The molecule has 0 aromatic heterocycles. The highest BCUT2D eigenvalue weighted by Gasteiger charge is 2.30. The Bertz CT molecular complexity index is 271. The zero-order valence-electron chi connectivity index (χ0n) is 14.0. The predicted octanol–water partition coefficient (Wildman–Crippen LogP) is 0.894. The van der Waals surface area contributed by atoms with Crippen molar-refractivity contribution >= 4 is 5.91 Å². The van der Waals surface area contributed by atoms with Gasteiger partial charge in [0.25, 0.3) is 0 Å². The lowest BCUT2D eigenvalue weighted by atomic mass is 9.96. The zero-order valence-corrected chi connectivity index (χ0v) is 14.0. The summed E-state index contributed by atoms with van der Waals surface area (Å²) < 4.78 is 0. The van der Waals surface area contributed by atoms with Gasteiger partial charge in [0, 0.05) is 6.54 Å². The molecule has 0 fully saturated rings. The van der Waals surface area contributed by atoms with Gasteiger partial charge in [-0.1, -0.05) is 13.8 Å². The smallest absolute Gasteiger partial charge is 0.237 e. The molecule has 0 aromatic carbocycles. The van der Waals surface area contributed by atoms with Gasteiger partial charge in [-0.25, -0.2) is 0 Å². The number of nitrogens with two attached hydrogens (primary N) is 1. The van der Waals surface area contributed by atoms with Gasteiger partial charge in [0.05, 0.1) is 5.54 Å². The van der Waals surface area contributed by atoms with Crippen LogP contribution >= 0.6 is 0 Å². The molecule has 0 aliphatic heterocycles. The summed E-state index contributed by atoms with van der Waals surface area (Å²) in [5, 5.41) is 3.29. The Morgan fingerprint density at radius 3 is 2.30 bits per heavy atom. The fourth-order valence-electron chi connectivity index (χ4n) is 2.12. The van der Waals surface area contributed by atoms with Crippen molar-refractivity contribution < 1.29 is 4.79 Å². The third kappa shape index (κ3) is 7.82. The van der Waals surface area contributed by atoms with Crippen LogP contribution in [0.2, 0.25) is 0 Å². The number of carbonyl (C=O) groups is 1. The Kier molecular flexibility index (Phi) is 9.80. The van der Waals surface area contributed by atoms with E-state index in [4.69, 9.17) is 5.73 Å². The molecule has 0 radical (unpaired) electrons. The number of amides is 1. The second-order valence-electron chi connectivity index (χ2n) is 5.96. The van der Waals surface area contributed by atoms with Crippen LogP contribution in [-0.2, 0) is 4.79 Å². The van der Waals surface area contributed by atoms with E-state index < -0.39 is 5.54 Å².